The Bertz CT molecular complexity index is 605. The Kier molecular flexibility index (Phi) is 4.93. The van der Waals surface area contributed by atoms with Crippen LogP contribution >= 0.6 is 11.3 Å². The molecule has 5 heteroatoms. The van der Waals surface area contributed by atoms with Gasteiger partial charge < -0.3 is 10.2 Å². The third-order valence-corrected chi connectivity index (χ3v) is 5.48. The van der Waals surface area contributed by atoms with Gasteiger partial charge in [-0.3, -0.25) is 4.79 Å². The summed E-state index contributed by atoms with van der Waals surface area (Å²) in [6, 6.07) is 2.30. The van der Waals surface area contributed by atoms with Crippen molar-refractivity contribution in [2.45, 2.75) is 40.0 Å². The Morgan fingerprint density at radius 1 is 1.45 bits per heavy atom. The highest BCUT2D eigenvalue weighted by molar-refractivity contribution is 7.16. The van der Waals surface area contributed by atoms with E-state index in [-0.39, 0.29) is 11.3 Å². The van der Waals surface area contributed by atoms with Gasteiger partial charge in [0.05, 0.1) is 12.1 Å². The van der Waals surface area contributed by atoms with Crippen molar-refractivity contribution in [1.29, 1.82) is 5.26 Å². The zero-order chi connectivity index (χ0) is 16.5. The van der Waals surface area contributed by atoms with Gasteiger partial charge in [-0.15, -0.1) is 11.3 Å². The third kappa shape index (κ3) is 3.68. The Balaban J connectivity index is 2.23. The van der Waals surface area contributed by atoms with Crippen LogP contribution in [0.3, 0.4) is 0 Å². The van der Waals surface area contributed by atoms with Crippen LogP contribution in [-0.2, 0) is 17.6 Å². The van der Waals surface area contributed by atoms with Gasteiger partial charge in [0.25, 0.3) is 0 Å². The number of hydrogen-bond donors (Lipinski definition) is 1. The van der Waals surface area contributed by atoms with E-state index >= 15 is 0 Å². The van der Waals surface area contributed by atoms with E-state index in [9.17, 15) is 10.1 Å². The number of anilines is 1. The van der Waals surface area contributed by atoms with Crippen molar-refractivity contribution in [1.82, 2.24) is 4.90 Å². The van der Waals surface area contributed by atoms with E-state index in [2.05, 4.69) is 32.2 Å². The molecule has 0 bridgehead atoms. The summed E-state index contributed by atoms with van der Waals surface area (Å²) in [6.45, 7) is 7.17. The first-order valence-electron chi connectivity index (χ1n) is 7.71. The minimum atomic E-state index is -0.0625. The lowest BCUT2D eigenvalue weighted by molar-refractivity contribution is -0.116. The molecule has 0 unspecified atom stereocenters. The third-order valence-electron chi connectivity index (χ3n) is 4.31. The SMILES string of the molecule is CN(C)CC(=O)Nc1sc2c(c1C#N)CC[C@@H](C(C)(C)C)C2. The predicted octanol–water partition coefficient (Wildman–Crippen LogP) is 3.27. The molecule has 0 saturated carbocycles. The van der Waals surface area contributed by atoms with Gasteiger partial charge in [-0.1, -0.05) is 20.8 Å². The molecule has 1 heterocycles. The molecule has 0 radical (unpaired) electrons. The highest BCUT2D eigenvalue weighted by Crippen LogP contribution is 2.43. The number of likely N-dealkylation sites (N-methyl/N-ethyl adjacent to an activating group) is 1. The molecule has 1 atom stereocenters. The Hall–Kier alpha value is -1.38. The van der Waals surface area contributed by atoms with Crippen molar-refractivity contribution < 1.29 is 4.79 Å². The van der Waals surface area contributed by atoms with Crippen LogP contribution in [0.4, 0.5) is 5.00 Å². The summed E-state index contributed by atoms with van der Waals surface area (Å²) in [5, 5.41) is 13.1. The first kappa shape index (κ1) is 17.0. The number of carbonyl (C=O) groups is 1. The minimum Gasteiger partial charge on any atom is -0.315 e. The average molecular weight is 319 g/mol. The van der Waals surface area contributed by atoms with Gasteiger partial charge in [-0.2, -0.15) is 5.26 Å². The standard InChI is InChI=1S/C17H25N3OS/c1-17(2,3)11-6-7-12-13(9-18)16(22-14(12)8-11)19-15(21)10-20(4)5/h11H,6-8,10H2,1-5H3,(H,19,21)/t11-/m1/s1. The summed E-state index contributed by atoms with van der Waals surface area (Å²) in [7, 11) is 3.72. The summed E-state index contributed by atoms with van der Waals surface area (Å²) in [6.07, 6.45) is 3.08. The number of hydrogen-bond acceptors (Lipinski definition) is 4. The van der Waals surface area contributed by atoms with Crippen molar-refractivity contribution in [3.63, 3.8) is 0 Å². The minimum absolute atomic E-state index is 0.0625. The molecular formula is C17H25N3OS. The van der Waals surface area contributed by atoms with Gasteiger partial charge in [0, 0.05) is 4.88 Å². The number of nitriles is 1. The Labute approximate surface area is 137 Å². The van der Waals surface area contributed by atoms with Crippen LogP contribution in [0.2, 0.25) is 0 Å². The molecule has 0 aromatic carbocycles. The van der Waals surface area contributed by atoms with E-state index in [1.807, 2.05) is 19.0 Å². The van der Waals surface area contributed by atoms with Crippen molar-refractivity contribution in [3.8, 4) is 6.07 Å². The van der Waals surface area contributed by atoms with Crippen LogP contribution in [-0.4, -0.2) is 31.4 Å². The lowest BCUT2D eigenvalue weighted by Crippen LogP contribution is -2.27. The van der Waals surface area contributed by atoms with Crippen molar-refractivity contribution in [2.75, 3.05) is 26.0 Å². The normalized spacial score (nSPS) is 18.0. The maximum Gasteiger partial charge on any atom is 0.239 e. The number of carbonyl (C=O) groups excluding carboxylic acids is 1. The van der Waals surface area contributed by atoms with E-state index in [0.29, 0.717) is 18.0 Å². The number of thiophene rings is 1. The molecule has 0 aliphatic heterocycles. The molecule has 0 spiro atoms. The molecule has 22 heavy (non-hydrogen) atoms. The van der Waals surface area contributed by atoms with Crippen LogP contribution in [0.5, 0.6) is 0 Å². The second-order valence-electron chi connectivity index (χ2n) is 7.41. The zero-order valence-electron chi connectivity index (χ0n) is 14.1. The van der Waals surface area contributed by atoms with Crippen molar-refractivity contribution in [3.05, 3.63) is 16.0 Å². The summed E-state index contributed by atoms with van der Waals surface area (Å²) in [5.74, 6) is 0.572. The second-order valence-corrected chi connectivity index (χ2v) is 8.52. The second kappa shape index (κ2) is 6.39. The molecule has 1 N–H and O–H groups in total. The largest absolute Gasteiger partial charge is 0.315 e. The summed E-state index contributed by atoms with van der Waals surface area (Å²) < 4.78 is 0. The quantitative estimate of drug-likeness (QED) is 0.930. The Morgan fingerprint density at radius 2 is 2.14 bits per heavy atom. The van der Waals surface area contributed by atoms with Crippen molar-refractivity contribution in [2.24, 2.45) is 11.3 Å². The average Bonchev–Trinajstić information content (AvgIpc) is 2.72. The number of fused-ring (bicyclic) bond motifs is 1. The van der Waals surface area contributed by atoms with E-state index in [1.165, 1.54) is 4.88 Å². The number of amides is 1. The number of rotatable bonds is 3. The van der Waals surface area contributed by atoms with E-state index in [4.69, 9.17) is 0 Å². The van der Waals surface area contributed by atoms with Crippen LogP contribution in [0, 0.1) is 22.7 Å². The van der Waals surface area contributed by atoms with Crippen LogP contribution in [0.25, 0.3) is 0 Å². The van der Waals surface area contributed by atoms with Crippen molar-refractivity contribution >= 4 is 22.2 Å². The summed E-state index contributed by atoms with van der Waals surface area (Å²) in [4.78, 5) is 15.1. The molecule has 1 aromatic heterocycles. The topological polar surface area (TPSA) is 56.1 Å². The first-order valence-corrected chi connectivity index (χ1v) is 8.53. The predicted molar refractivity (Wildman–Crippen MR) is 91.2 cm³/mol. The Morgan fingerprint density at radius 3 is 2.68 bits per heavy atom. The van der Waals surface area contributed by atoms with Crippen LogP contribution in [0.15, 0.2) is 0 Å². The molecule has 2 rings (SSSR count). The van der Waals surface area contributed by atoms with Gasteiger partial charge in [0.2, 0.25) is 5.91 Å². The van der Waals surface area contributed by atoms with Gasteiger partial charge in [-0.05, 0) is 50.3 Å². The molecule has 0 fully saturated rings. The highest BCUT2D eigenvalue weighted by Gasteiger charge is 2.32. The smallest absolute Gasteiger partial charge is 0.239 e. The molecule has 1 aliphatic carbocycles. The van der Waals surface area contributed by atoms with E-state index in [1.54, 1.807) is 11.3 Å². The maximum absolute atomic E-state index is 12.0. The van der Waals surface area contributed by atoms with E-state index in [0.717, 1.165) is 29.8 Å². The maximum atomic E-state index is 12.0. The summed E-state index contributed by atoms with van der Waals surface area (Å²) in [5.41, 5.74) is 2.12. The molecular weight excluding hydrogens is 294 g/mol. The van der Waals surface area contributed by atoms with Gasteiger partial charge in [0.1, 0.15) is 11.1 Å². The molecule has 1 amide bonds. The fraction of sp³-hybridized carbons (Fsp3) is 0.647. The fourth-order valence-electron chi connectivity index (χ4n) is 2.98. The number of nitrogens with zero attached hydrogens (tertiary/aromatic N) is 2. The highest BCUT2D eigenvalue weighted by atomic mass is 32.1. The van der Waals surface area contributed by atoms with Crippen LogP contribution in [0.1, 0.15) is 43.2 Å². The first-order chi connectivity index (χ1) is 10.2. The summed E-state index contributed by atoms with van der Waals surface area (Å²) >= 11 is 1.59. The van der Waals surface area contributed by atoms with E-state index < -0.39 is 0 Å². The molecule has 1 aromatic rings. The fourth-order valence-corrected chi connectivity index (χ4v) is 4.28. The van der Waals surface area contributed by atoms with Crippen LogP contribution < -0.4 is 5.32 Å². The lowest BCUT2D eigenvalue weighted by Gasteiger charge is -2.33. The number of nitrogens with one attached hydrogen (secondary N) is 1. The van der Waals surface area contributed by atoms with Gasteiger partial charge in [0.15, 0.2) is 0 Å². The monoisotopic (exact) mass is 319 g/mol. The van der Waals surface area contributed by atoms with Gasteiger partial charge >= 0.3 is 0 Å². The molecule has 120 valence electrons. The van der Waals surface area contributed by atoms with Gasteiger partial charge in [-0.25, -0.2) is 0 Å². The molecule has 0 saturated heterocycles. The lowest BCUT2D eigenvalue weighted by atomic mass is 9.72. The molecule has 4 nitrogen and oxygen atoms in total. The zero-order valence-corrected chi connectivity index (χ0v) is 14.9. The molecule has 1 aliphatic rings.